The lowest BCUT2D eigenvalue weighted by Crippen LogP contribution is -2.48. The molecule has 1 aromatic carbocycles. The molecule has 1 unspecified atom stereocenters. The molecule has 1 aromatic rings. The van der Waals surface area contributed by atoms with Gasteiger partial charge >= 0.3 is 0 Å². The Morgan fingerprint density at radius 2 is 1.96 bits per heavy atom. The number of piperidine rings is 1. The summed E-state index contributed by atoms with van der Waals surface area (Å²) in [5.74, 6) is -0.0562. The van der Waals surface area contributed by atoms with Gasteiger partial charge in [0, 0.05) is 24.2 Å². The molecule has 0 spiro atoms. The van der Waals surface area contributed by atoms with Crippen LogP contribution in [0.2, 0.25) is 0 Å². The molecule has 3 heteroatoms. The van der Waals surface area contributed by atoms with Crippen LogP contribution in [0, 0.1) is 12.7 Å². The van der Waals surface area contributed by atoms with Crippen molar-refractivity contribution in [3.8, 4) is 0 Å². The van der Waals surface area contributed by atoms with Gasteiger partial charge in [-0.1, -0.05) is 26.0 Å². The number of nitrogens with zero attached hydrogens (tertiary/aromatic N) is 2. The molecule has 2 nitrogen and oxygen atoms in total. The molecule has 0 radical (unpaired) electrons. The van der Waals surface area contributed by atoms with Gasteiger partial charge in [0.2, 0.25) is 0 Å². The third-order valence-corrected chi connectivity index (χ3v) is 5.27. The Morgan fingerprint density at radius 1 is 1.26 bits per heavy atom. The zero-order chi connectivity index (χ0) is 16.8. The Morgan fingerprint density at radius 3 is 2.52 bits per heavy atom. The highest BCUT2D eigenvalue weighted by Crippen LogP contribution is 2.22. The molecular weight excluding hydrogens is 287 g/mol. The molecule has 1 heterocycles. The third-order valence-electron chi connectivity index (χ3n) is 5.27. The quantitative estimate of drug-likeness (QED) is 0.724. The van der Waals surface area contributed by atoms with Crippen LogP contribution in [-0.4, -0.2) is 41.5 Å². The molecule has 1 saturated heterocycles. The van der Waals surface area contributed by atoms with Crippen molar-refractivity contribution >= 4 is 0 Å². The largest absolute Gasteiger partial charge is 0.299 e. The van der Waals surface area contributed by atoms with Gasteiger partial charge in [0.15, 0.2) is 0 Å². The predicted molar refractivity (Wildman–Crippen MR) is 96.2 cm³/mol. The summed E-state index contributed by atoms with van der Waals surface area (Å²) in [4.78, 5) is 5.11. The third kappa shape index (κ3) is 5.02. The van der Waals surface area contributed by atoms with E-state index in [1.807, 2.05) is 19.1 Å². The van der Waals surface area contributed by atoms with Gasteiger partial charge in [0.25, 0.3) is 0 Å². The van der Waals surface area contributed by atoms with Gasteiger partial charge in [-0.2, -0.15) is 0 Å². The molecule has 2 rings (SSSR count). The summed E-state index contributed by atoms with van der Waals surface area (Å²) in [6, 6.07) is 6.97. The van der Waals surface area contributed by atoms with Gasteiger partial charge in [-0.05, 0) is 70.8 Å². The van der Waals surface area contributed by atoms with Crippen molar-refractivity contribution in [3.05, 3.63) is 35.1 Å². The highest BCUT2D eigenvalue weighted by Gasteiger charge is 2.26. The smallest absolute Gasteiger partial charge is 0.127 e. The van der Waals surface area contributed by atoms with Gasteiger partial charge in [-0.25, -0.2) is 4.39 Å². The molecule has 0 aromatic heterocycles. The standard InChI is InChI=1S/C20H33FN2/c1-5-11-23(17(4)6-2)19-9-12-22(13-10-19)15-18-8-7-16(3)14-20(18)21/h7-8,14,17,19H,5-6,9-13,15H2,1-4H3. The molecule has 0 amide bonds. The molecule has 0 N–H and O–H groups in total. The van der Waals surface area contributed by atoms with E-state index in [0.717, 1.165) is 30.8 Å². The van der Waals surface area contributed by atoms with Crippen molar-refractivity contribution in [1.82, 2.24) is 9.80 Å². The number of hydrogen-bond acceptors (Lipinski definition) is 2. The second kappa shape index (κ2) is 8.79. The topological polar surface area (TPSA) is 6.48 Å². The summed E-state index contributed by atoms with van der Waals surface area (Å²) in [6.45, 7) is 12.9. The van der Waals surface area contributed by atoms with Crippen LogP contribution in [0.1, 0.15) is 57.6 Å². The van der Waals surface area contributed by atoms with E-state index < -0.39 is 0 Å². The van der Waals surface area contributed by atoms with Crippen LogP contribution >= 0.6 is 0 Å². The summed E-state index contributed by atoms with van der Waals surface area (Å²) in [5.41, 5.74) is 1.83. The Balaban J connectivity index is 1.90. The van der Waals surface area contributed by atoms with E-state index >= 15 is 0 Å². The minimum absolute atomic E-state index is 0.0562. The summed E-state index contributed by atoms with van der Waals surface area (Å²) in [7, 11) is 0. The van der Waals surface area contributed by atoms with Gasteiger partial charge in [0.1, 0.15) is 5.82 Å². The number of benzene rings is 1. The SMILES string of the molecule is CCCN(C(C)CC)C1CCN(Cc2ccc(C)cc2F)CC1. The number of aryl methyl sites for hydroxylation is 1. The Labute approximate surface area is 141 Å². The number of hydrogen-bond donors (Lipinski definition) is 0. The minimum atomic E-state index is -0.0562. The number of halogens is 1. The van der Waals surface area contributed by atoms with Crippen LogP contribution in [0.3, 0.4) is 0 Å². The average molecular weight is 320 g/mol. The first-order valence-electron chi connectivity index (χ1n) is 9.28. The molecule has 0 saturated carbocycles. The molecule has 1 aliphatic rings. The summed E-state index contributed by atoms with van der Waals surface area (Å²) in [5, 5.41) is 0. The number of rotatable bonds is 7. The zero-order valence-corrected chi connectivity index (χ0v) is 15.3. The van der Waals surface area contributed by atoms with E-state index in [9.17, 15) is 4.39 Å². The van der Waals surface area contributed by atoms with E-state index in [-0.39, 0.29) is 5.82 Å². The molecule has 23 heavy (non-hydrogen) atoms. The monoisotopic (exact) mass is 320 g/mol. The zero-order valence-electron chi connectivity index (χ0n) is 15.3. The van der Waals surface area contributed by atoms with Gasteiger partial charge in [0.05, 0.1) is 0 Å². The normalized spacial score (nSPS) is 18.5. The maximum Gasteiger partial charge on any atom is 0.127 e. The molecular formula is C20H33FN2. The van der Waals surface area contributed by atoms with Crippen molar-refractivity contribution in [2.45, 2.75) is 72.0 Å². The maximum atomic E-state index is 14.0. The van der Waals surface area contributed by atoms with E-state index in [2.05, 4.69) is 30.6 Å². The molecule has 1 atom stereocenters. The minimum Gasteiger partial charge on any atom is -0.299 e. The van der Waals surface area contributed by atoms with E-state index in [1.165, 1.54) is 32.2 Å². The molecule has 130 valence electrons. The fourth-order valence-corrected chi connectivity index (χ4v) is 3.69. The van der Waals surface area contributed by atoms with Crippen LogP contribution in [0.5, 0.6) is 0 Å². The average Bonchev–Trinajstić information content (AvgIpc) is 2.55. The van der Waals surface area contributed by atoms with Crippen LogP contribution in [-0.2, 0) is 6.54 Å². The summed E-state index contributed by atoms with van der Waals surface area (Å²) >= 11 is 0. The van der Waals surface area contributed by atoms with Crippen molar-refractivity contribution in [2.24, 2.45) is 0 Å². The lowest BCUT2D eigenvalue weighted by molar-refractivity contribution is 0.0744. The molecule has 0 bridgehead atoms. The van der Waals surface area contributed by atoms with Crippen molar-refractivity contribution in [2.75, 3.05) is 19.6 Å². The lowest BCUT2D eigenvalue weighted by atomic mass is 9.99. The fraction of sp³-hybridized carbons (Fsp3) is 0.700. The molecule has 0 aliphatic carbocycles. The Kier molecular flexibility index (Phi) is 7.04. The van der Waals surface area contributed by atoms with E-state index in [4.69, 9.17) is 0 Å². The van der Waals surface area contributed by atoms with Gasteiger partial charge < -0.3 is 0 Å². The number of likely N-dealkylation sites (tertiary alicyclic amines) is 1. The van der Waals surface area contributed by atoms with E-state index in [1.54, 1.807) is 6.07 Å². The van der Waals surface area contributed by atoms with Crippen molar-refractivity contribution in [1.29, 1.82) is 0 Å². The second-order valence-corrected chi connectivity index (χ2v) is 7.10. The molecule has 1 aliphatic heterocycles. The van der Waals surface area contributed by atoms with E-state index in [0.29, 0.717) is 12.1 Å². The Bertz CT molecular complexity index is 481. The van der Waals surface area contributed by atoms with Gasteiger partial charge in [-0.3, -0.25) is 9.80 Å². The highest BCUT2D eigenvalue weighted by atomic mass is 19.1. The fourth-order valence-electron chi connectivity index (χ4n) is 3.69. The maximum absolute atomic E-state index is 14.0. The molecule has 1 fully saturated rings. The first-order chi connectivity index (χ1) is 11.0. The first-order valence-corrected chi connectivity index (χ1v) is 9.28. The lowest BCUT2D eigenvalue weighted by Gasteiger charge is -2.41. The summed E-state index contributed by atoms with van der Waals surface area (Å²) < 4.78 is 14.0. The Hall–Kier alpha value is -0.930. The van der Waals surface area contributed by atoms with Crippen LogP contribution < -0.4 is 0 Å². The first kappa shape index (κ1) is 18.4. The second-order valence-electron chi connectivity index (χ2n) is 7.10. The summed E-state index contributed by atoms with van der Waals surface area (Å²) in [6.07, 6.45) is 4.85. The van der Waals surface area contributed by atoms with Crippen LogP contribution in [0.25, 0.3) is 0 Å². The predicted octanol–water partition coefficient (Wildman–Crippen LogP) is 4.61. The van der Waals surface area contributed by atoms with Crippen LogP contribution in [0.4, 0.5) is 4.39 Å². The van der Waals surface area contributed by atoms with Crippen LogP contribution in [0.15, 0.2) is 18.2 Å². The van der Waals surface area contributed by atoms with Crippen molar-refractivity contribution < 1.29 is 4.39 Å². The van der Waals surface area contributed by atoms with Gasteiger partial charge in [-0.15, -0.1) is 0 Å². The highest BCUT2D eigenvalue weighted by molar-refractivity contribution is 5.23. The van der Waals surface area contributed by atoms with Crippen molar-refractivity contribution in [3.63, 3.8) is 0 Å².